The van der Waals surface area contributed by atoms with Crippen LogP contribution in [0.25, 0.3) is 0 Å². The van der Waals surface area contributed by atoms with Crippen molar-refractivity contribution in [2.45, 2.75) is 13.3 Å². The van der Waals surface area contributed by atoms with E-state index in [1.54, 1.807) is 12.1 Å². The van der Waals surface area contributed by atoms with Gasteiger partial charge in [0.05, 0.1) is 4.92 Å². The second-order valence-electron chi connectivity index (χ2n) is 4.00. The Labute approximate surface area is 128 Å². The number of hydrazine groups is 1. The van der Waals surface area contributed by atoms with E-state index in [1.807, 2.05) is 6.92 Å². The Kier molecular flexibility index (Phi) is 4.66. The summed E-state index contributed by atoms with van der Waals surface area (Å²) in [7, 11) is 0. The highest BCUT2D eigenvalue weighted by atomic mass is 79.9. The molecule has 0 saturated carbocycles. The largest absolute Gasteiger partial charge is 0.430 e. The van der Waals surface area contributed by atoms with Gasteiger partial charge in [0, 0.05) is 6.07 Å². The van der Waals surface area contributed by atoms with Crippen LogP contribution in [0.2, 0.25) is 0 Å². The van der Waals surface area contributed by atoms with E-state index in [0.717, 1.165) is 5.56 Å². The first-order chi connectivity index (χ1) is 10.1. The lowest BCUT2D eigenvalue weighted by Crippen LogP contribution is -2.10. The third-order valence-corrected chi connectivity index (χ3v) is 3.44. The Morgan fingerprint density at radius 1 is 1.48 bits per heavy atom. The average Bonchev–Trinajstić information content (AvgIpc) is 2.49. The van der Waals surface area contributed by atoms with Crippen molar-refractivity contribution in [1.29, 1.82) is 0 Å². The Morgan fingerprint density at radius 3 is 2.86 bits per heavy atom. The molecule has 0 aliphatic rings. The molecule has 0 fully saturated rings. The standard InChI is InChI=1S/C12H12BrN5O3/c1-2-7-3-4-9(8(5-7)18(19)20)21-12-10(13)11(17-14)15-6-16-12/h3-6H,2,14H2,1H3,(H,15,16,17). The summed E-state index contributed by atoms with van der Waals surface area (Å²) < 4.78 is 5.88. The topological polar surface area (TPSA) is 116 Å². The average molecular weight is 354 g/mol. The van der Waals surface area contributed by atoms with Crippen LogP contribution in [0.5, 0.6) is 11.6 Å². The Hall–Kier alpha value is -2.26. The maximum atomic E-state index is 11.1. The lowest BCUT2D eigenvalue weighted by atomic mass is 10.1. The molecule has 2 rings (SSSR count). The molecule has 0 aliphatic carbocycles. The quantitative estimate of drug-likeness (QED) is 0.482. The van der Waals surface area contributed by atoms with Crippen molar-refractivity contribution in [3.8, 4) is 11.6 Å². The zero-order chi connectivity index (χ0) is 15.4. The van der Waals surface area contributed by atoms with Gasteiger partial charge in [0.25, 0.3) is 0 Å². The van der Waals surface area contributed by atoms with Gasteiger partial charge in [-0.1, -0.05) is 13.0 Å². The third kappa shape index (κ3) is 3.26. The minimum Gasteiger partial charge on any atom is -0.430 e. The number of nitrogens with zero attached hydrogens (tertiary/aromatic N) is 3. The summed E-state index contributed by atoms with van der Waals surface area (Å²) in [6, 6.07) is 4.78. The lowest BCUT2D eigenvalue weighted by Gasteiger charge is -2.09. The van der Waals surface area contributed by atoms with Crippen molar-refractivity contribution in [1.82, 2.24) is 9.97 Å². The molecule has 3 N–H and O–H groups in total. The van der Waals surface area contributed by atoms with Crippen LogP contribution < -0.4 is 16.0 Å². The molecule has 0 amide bonds. The Morgan fingerprint density at radius 2 is 2.24 bits per heavy atom. The summed E-state index contributed by atoms with van der Waals surface area (Å²) in [5, 5.41) is 11.1. The maximum Gasteiger partial charge on any atom is 0.311 e. The van der Waals surface area contributed by atoms with Crippen molar-refractivity contribution in [3.05, 3.63) is 44.7 Å². The van der Waals surface area contributed by atoms with Gasteiger partial charge in [-0.15, -0.1) is 0 Å². The van der Waals surface area contributed by atoms with Crippen LogP contribution in [0.4, 0.5) is 11.5 Å². The van der Waals surface area contributed by atoms with Crippen LogP contribution in [0.3, 0.4) is 0 Å². The van der Waals surface area contributed by atoms with Gasteiger partial charge in [-0.05, 0) is 34.0 Å². The fourth-order valence-corrected chi connectivity index (χ4v) is 2.04. The molecule has 110 valence electrons. The van der Waals surface area contributed by atoms with Gasteiger partial charge in [0.1, 0.15) is 10.8 Å². The highest BCUT2D eigenvalue weighted by molar-refractivity contribution is 9.10. The van der Waals surface area contributed by atoms with Crippen molar-refractivity contribution in [3.63, 3.8) is 0 Å². The van der Waals surface area contributed by atoms with Gasteiger partial charge in [0.15, 0.2) is 5.82 Å². The van der Waals surface area contributed by atoms with E-state index in [-0.39, 0.29) is 17.3 Å². The summed E-state index contributed by atoms with van der Waals surface area (Å²) in [6.45, 7) is 1.92. The van der Waals surface area contributed by atoms with Gasteiger partial charge >= 0.3 is 5.69 Å². The summed E-state index contributed by atoms with van der Waals surface area (Å²) in [5.74, 6) is 5.83. The number of hydrogen-bond donors (Lipinski definition) is 2. The first kappa shape index (κ1) is 15.1. The predicted molar refractivity (Wildman–Crippen MR) is 80.1 cm³/mol. The highest BCUT2D eigenvalue weighted by Gasteiger charge is 2.19. The summed E-state index contributed by atoms with van der Waals surface area (Å²) in [6.07, 6.45) is 1.93. The molecule has 9 heteroatoms. The van der Waals surface area contributed by atoms with E-state index in [1.165, 1.54) is 12.4 Å². The molecule has 2 aromatic rings. The number of nitro groups is 1. The molecule has 0 spiro atoms. The molecule has 0 bridgehead atoms. The molecule has 0 atom stereocenters. The fourth-order valence-electron chi connectivity index (χ4n) is 1.64. The monoisotopic (exact) mass is 353 g/mol. The Bertz CT molecular complexity index is 680. The molecule has 0 aliphatic heterocycles. The van der Waals surface area contributed by atoms with Crippen LogP contribution in [0, 0.1) is 10.1 Å². The molecule has 21 heavy (non-hydrogen) atoms. The molecular weight excluding hydrogens is 342 g/mol. The molecule has 1 aromatic heterocycles. The summed E-state index contributed by atoms with van der Waals surface area (Å²) in [4.78, 5) is 18.4. The number of ether oxygens (including phenoxy) is 1. The predicted octanol–water partition coefficient (Wildman–Crippen LogP) is 2.79. The van der Waals surface area contributed by atoms with Crippen molar-refractivity contribution in [2.75, 3.05) is 5.43 Å². The van der Waals surface area contributed by atoms with E-state index >= 15 is 0 Å². The van der Waals surface area contributed by atoms with Gasteiger partial charge in [-0.25, -0.2) is 15.8 Å². The first-order valence-corrected chi connectivity index (χ1v) is 6.78. The van der Waals surface area contributed by atoms with Gasteiger partial charge in [0.2, 0.25) is 11.6 Å². The van der Waals surface area contributed by atoms with Crippen LogP contribution in [0.1, 0.15) is 12.5 Å². The van der Waals surface area contributed by atoms with E-state index < -0.39 is 4.92 Å². The molecule has 1 heterocycles. The number of nitrogens with two attached hydrogens (primary N) is 1. The SMILES string of the molecule is CCc1ccc(Oc2ncnc(NN)c2Br)c([N+](=O)[O-])c1. The van der Waals surface area contributed by atoms with Crippen molar-refractivity contribution < 1.29 is 9.66 Å². The number of aryl methyl sites for hydroxylation is 1. The molecule has 1 aromatic carbocycles. The second-order valence-corrected chi connectivity index (χ2v) is 4.79. The number of hydrogen-bond acceptors (Lipinski definition) is 7. The van der Waals surface area contributed by atoms with Gasteiger partial charge in [-0.2, -0.15) is 0 Å². The number of anilines is 1. The fraction of sp³-hybridized carbons (Fsp3) is 0.167. The number of nitrogen functional groups attached to an aromatic ring is 1. The first-order valence-electron chi connectivity index (χ1n) is 5.99. The van der Waals surface area contributed by atoms with Crippen molar-refractivity contribution in [2.24, 2.45) is 5.84 Å². The van der Waals surface area contributed by atoms with Crippen LogP contribution in [-0.4, -0.2) is 14.9 Å². The normalized spacial score (nSPS) is 10.2. The number of benzene rings is 1. The zero-order valence-electron chi connectivity index (χ0n) is 11.0. The molecule has 0 saturated heterocycles. The van der Waals surface area contributed by atoms with Crippen LogP contribution in [0.15, 0.2) is 29.0 Å². The van der Waals surface area contributed by atoms with E-state index in [2.05, 4.69) is 31.3 Å². The van der Waals surface area contributed by atoms with E-state index in [0.29, 0.717) is 16.7 Å². The van der Waals surface area contributed by atoms with E-state index in [9.17, 15) is 10.1 Å². The van der Waals surface area contributed by atoms with Gasteiger partial charge in [-0.3, -0.25) is 10.1 Å². The van der Waals surface area contributed by atoms with Crippen molar-refractivity contribution >= 4 is 27.4 Å². The highest BCUT2D eigenvalue weighted by Crippen LogP contribution is 2.36. The third-order valence-electron chi connectivity index (χ3n) is 2.73. The second kappa shape index (κ2) is 6.46. The van der Waals surface area contributed by atoms with E-state index in [4.69, 9.17) is 10.6 Å². The maximum absolute atomic E-state index is 11.1. The number of aromatic nitrogens is 2. The molecule has 8 nitrogen and oxygen atoms in total. The molecule has 0 radical (unpaired) electrons. The minimum absolute atomic E-state index is 0.0968. The van der Waals surface area contributed by atoms with Crippen LogP contribution in [-0.2, 0) is 6.42 Å². The zero-order valence-corrected chi connectivity index (χ0v) is 12.6. The lowest BCUT2D eigenvalue weighted by molar-refractivity contribution is -0.385. The molecular formula is C12H12BrN5O3. The minimum atomic E-state index is -0.494. The number of nitro benzene ring substituents is 1. The Balaban J connectivity index is 2.42. The smallest absolute Gasteiger partial charge is 0.311 e. The molecule has 0 unspecified atom stereocenters. The van der Waals surface area contributed by atoms with Crippen LogP contribution >= 0.6 is 15.9 Å². The summed E-state index contributed by atoms with van der Waals surface area (Å²) >= 11 is 3.23. The number of halogens is 1. The summed E-state index contributed by atoms with van der Waals surface area (Å²) in [5.41, 5.74) is 3.09. The van der Waals surface area contributed by atoms with Gasteiger partial charge < -0.3 is 10.2 Å². The number of rotatable bonds is 5. The number of nitrogens with one attached hydrogen (secondary N) is 1.